The number of ether oxygens (including phenoxy) is 4. The molecule has 0 aliphatic heterocycles. The van der Waals surface area contributed by atoms with Crippen molar-refractivity contribution in [1.29, 1.82) is 0 Å². The van der Waals surface area contributed by atoms with Crippen molar-refractivity contribution in [2.75, 3.05) is 13.2 Å². The molecule has 37 heavy (non-hydrogen) atoms. The Bertz CT molecular complexity index is 1160. The second kappa shape index (κ2) is 13.4. The second-order valence-electron chi connectivity index (χ2n) is 9.19. The van der Waals surface area contributed by atoms with Crippen LogP contribution in [0.1, 0.15) is 57.2 Å². The minimum Gasteiger partial charge on any atom is -0.494 e. The molecule has 3 aromatic rings. The van der Waals surface area contributed by atoms with Gasteiger partial charge in [0.2, 0.25) is 0 Å². The third kappa shape index (κ3) is 8.90. The van der Waals surface area contributed by atoms with Gasteiger partial charge >= 0.3 is 5.97 Å². The SMILES string of the molecule is CCCOc1ccc(/C=C/c2cc(OCCC)cc(OCc3ccc(OC(C)(C)C(=O)O)cc3)c2)cc1. The number of hydrogen-bond donors (Lipinski definition) is 1. The van der Waals surface area contributed by atoms with Crippen molar-refractivity contribution >= 4 is 18.1 Å². The lowest BCUT2D eigenvalue weighted by atomic mass is 10.1. The van der Waals surface area contributed by atoms with E-state index in [1.807, 2.05) is 66.7 Å². The molecule has 3 rings (SSSR count). The van der Waals surface area contributed by atoms with Gasteiger partial charge in [0.05, 0.1) is 13.2 Å². The molecule has 0 saturated heterocycles. The zero-order valence-corrected chi connectivity index (χ0v) is 22.0. The van der Waals surface area contributed by atoms with Crippen LogP contribution < -0.4 is 18.9 Å². The highest BCUT2D eigenvalue weighted by molar-refractivity contribution is 5.76. The number of aliphatic carboxylic acids is 1. The van der Waals surface area contributed by atoms with E-state index in [0.29, 0.717) is 31.3 Å². The van der Waals surface area contributed by atoms with Gasteiger partial charge in [0.15, 0.2) is 5.60 Å². The van der Waals surface area contributed by atoms with E-state index in [-0.39, 0.29) is 0 Å². The topological polar surface area (TPSA) is 74.2 Å². The zero-order valence-electron chi connectivity index (χ0n) is 22.0. The van der Waals surface area contributed by atoms with Gasteiger partial charge in [0, 0.05) is 6.07 Å². The smallest absolute Gasteiger partial charge is 0.347 e. The lowest BCUT2D eigenvalue weighted by Crippen LogP contribution is -2.37. The molecule has 0 fully saturated rings. The highest BCUT2D eigenvalue weighted by Gasteiger charge is 2.29. The summed E-state index contributed by atoms with van der Waals surface area (Å²) in [5.74, 6) is 1.79. The molecular weight excluding hydrogens is 468 g/mol. The minimum absolute atomic E-state index is 0.349. The Morgan fingerprint density at radius 1 is 0.730 bits per heavy atom. The third-order valence-corrected chi connectivity index (χ3v) is 5.41. The first kappa shape index (κ1) is 27.7. The van der Waals surface area contributed by atoms with Crippen LogP contribution in [0, 0.1) is 0 Å². The van der Waals surface area contributed by atoms with Crippen LogP contribution in [0.4, 0.5) is 0 Å². The third-order valence-electron chi connectivity index (χ3n) is 5.41. The molecule has 0 aliphatic rings. The van der Waals surface area contributed by atoms with Gasteiger partial charge in [-0.2, -0.15) is 0 Å². The number of carboxylic acid groups (broad SMARTS) is 1. The molecule has 0 atom stereocenters. The summed E-state index contributed by atoms with van der Waals surface area (Å²) < 4.78 is 23.2. The van der Waals surface area contributed by atoms with Crippen LogP contribution in [0.5, 0.6) is 23.0 Å². The number of carbonyl (C=O) groups is 1. The average Bonchev–Trinajstić information content (AvgIpc) is 2.89. The Balaban J connectivity index is 1.68. The van der Waals surface area contributed by atoms with Crippen LogP contribution in [0.25, 0.3) is 12.2 Å². The lowest BCUT2D eigenvalue weighted by Gasteiger charge is -2.21. The summed E-state index contributed by atoms with van der Waals surface area (Å²) >= 11 is 0. The fourth-order valence-corrected chi connectivity index (χ4v) is 3.32. The van der Waals surface area contributed by atoms with Crippen molar-refractivity contribution < 1.29 is 28.8 Å². The van der Waals surface area contributed by atoms with E-state index in [2.05, 4.69) is 13.8 Å². The van der Waals surface area contributed by atoms with Crippen LogP contribution in [-0.2, 0) is 11.4 Å². The van der Waals surface area contributed by atoms with Gasteiger partial charge in [-0.05, 0) is 79.8 Å². The highest BCUT2D eigenvalue weighted by atomic mass is 16.5. The molecular formula is C31H36O6. The predicted octanol–water partition coefficient (Wildman–Crippen LogP) is 7.26. The van der Waals surface area contributed by atoms with E-state index in [1.54, 1.807) is 12.1 Å². The summed E-state index contributed by atoms with van der Waals surface area (Å²) in [4.78, 5) is 11.3. The van der Waals surface area contributed by atoms with Crippen molar-refractivity contribution in [3.8, 4) is 23.0 Å². The molecule has 6 nitrogen and oxygen atoms in total. The number of rotatable bonds is 14. The van der Waals surface area contributed by atoms with Gasteiger partial charge in [-0.1, -0.05) is 50.3 Å². The Morgan fingerprint density at radius 3 is 1.86 bits per heavy atom. The van der Waals surface area contributed by atoms with Crippen LogP contribution in [-0.4, -0.2) is 29.9 Å². The number of carboxylic acids is 1. The molecule has 0 radical (unpaired) electrons. The average molecular weight is 505 g/mol. The first-order valence-corrected chi connectivity index (χ1v) is 12.6. The minimum atomic E-state index is -1.30. The van der Waals surface area contributed by atoms with E-state index in [1.165, 1.54) is 13.8 Å². The quantitative estimate of drug-likeness (QED) is 0.233. The molecule has 0 unspecified atom stereocenters. The van der Waals surface area contributed by atoms with Gasteiger partial charge in [-0.15, -0.1) is 0 Å². The normalized spacial score (nSPS) is 11.4. The summed E-state index contributed by atoms with van der Waals surface area (Å²) in [5.41, 5.74) is 1.67. The van der Waals surface area contributed by atoms with E-state index in [0.717, 1.165) is 41.0 Å². The standard InChI is InChI=1S/C31H36O6/c1-5-17-34-26-13-9-23(10-14-26)7-8-25-19-28(35-18-6-2)21-29(20-25)36-22-24-11-15-27(16-12-24)37-31(3,4)30(32)33/h7-16,19-21H,5-6,17-18,22H2,1-4H3,(H,32,33)/b8-7+. The van der Waals surface area contributed by atoms with E-state index >= 15 is 0 Å². The van der Waals surface area contributed by atoms with Crippen LogP contribution in [0.15, 0.2) is 66.7 Å². The number of benzene rings is 3. The summed E-state index contributed by atoms with van der Waals surface area (Å²) in [6, 6.07) is 21.1. The van der Waals surface area contributed by atoms with Crippen molar-refractivity contribution in [1.82, 2.24) is 0 Å². The molecule has 0 aliphatic carbocycles. The summed E-state index contributed by atoms with van der Waals surface area (Å²) in [5, 5.41) is 9.24. The Kier molecular flexibility index (Phi) is 10.0. The highest BCUT2D eigenvalue weighted by Crippen LogP contribution is 2.26. The van der Waals surface area contributed by atoms with Crippen molar-refractivity contribution in [2.45, 2.75) is 52.7 Å². The molecule has 0 bridgehead atoms. The Hall–Kier alpha value is -3.93. The molecule has 196 valence electrons. The fourth-order valence-electron chi connectivity index (χ4n) is 3.32. The van der Waals surface area contributed by atoms with E-state index in [9.17, 15) is 9.90 Å². The maximum atomic E-state index is 11.3. The lowest BCUT2D eigenvalue weighted by molar-refractivity contribution is -0.152. The monoisotopic (exact) mass is 504 g/mol. The Morgan fingerprint density at radius 2 is 1.27 bits per heavy atom. The number of hydrogen-bond acceptors (Lipinski definition) is 5. The van der Waals surface area contributed by atoms with E-state index in [4.69, 9.17) is 18.9 Å². The summed E-state index contributed by atoms with van der Waals surface area (Å²) in [6.45, 7) is 8.88. The predicted molar refractivity (Wildman–Crippen MR) is 147 cm³/mol. The van der Waals surface area contributed by atoms with Gasteiger partial charge in [-0.3, -0.25) is 0 Å². The summed E-state index contributed by atoms with van der Waals surface area (Å²) in [6.07, 6.45) is 5.97. The first-order valence-electron chi connectivity index (χ1n) is 12.6. The zero-order chi connectivity index (χ0) is 26.7. The van der Waals surface area contributed by atoms with Crippen LogP contribution >= 0.6 is 0 Å². The van der Waals surface area contributed by atoms with Gasteiger partial charge < -0.3 is 24.1 Å². The van der Waals surface area contributed by atoms with Crippen LogP contribution in [0.3, 0.4) is 0 Å². The first-order chi connectivity index (χ1) is 17.8. The van der Waals surface area contributed by atoms with Crippen molar-refractivity contribution in [3.63, 3.8) is 0 Å². The summed E-state index contributed by atoms with van der Waals surface area (Å²) in [7, 11) is 0. The maximum absolute atomic E-state index is 11.3. The van der Waals surface area contributed by atoms with Crippen molar-refractivity contribution in [2.24, 2.45) is 0 Å². The second-order valence-corrected chi connectivity index (χ2v) is 9.19. The molecule has 3 aromatic carbocycles. The largest absolute Gasteiger partial charge is 0.494 e. The fraction of sp³-hybridized carbons (Fsp3) is 0.323. The Labute approximate surface area is 219 Å². The molecule has 0 aromatic heterocycles. The molecule has 0 saturated carbocycles. The van der Waals surface area contributed by atoms with Gasteiger partial charge in [0.1, 0.15) is 29.6 Å². The maximum Gasteiger partial charge on any atom is 0.347 e. The van der Waals surface area contributed by atoms with Crippen LogP contribution in [0.2, 0.25) is 0 Å². The van der Waals surface area contributed by atoms with Gasteiger partial charge in [-0.25, -0.2) is 4.79 Å². The molecule has 0 heterocycles. The molecule has 1 N–H and O–H groups in total. The molecule has 0 amide bonds. The van der Waals surface area contributed by atoms with Crippen molar-refractivity contribution in [3.05, 3.63) is 83.4 Å². The molecule has 0 spiro atoms. The van der Waals surface area contributed by atoms with E-state index < -0.39 is 11.6 Å². The molecule has 6 heteroatoms. The van der Waals surface area contributed by atoms with Gasteiger partial charge in [0.25, 0.3) is 0 Å².